The fourth-order valence-electron chi connectivity index (χ4n) is 1.89. The van der Waals surface area contributed by atoms with Gasteiger partial charge in [-0.1, -0.05) is 22.9 Å². The maximum atomic E-state index is 11.8. The van der Waals surface area contributed by atoms with Crippen LogP contribution < -0.4 is 10.0 Å². The molecule has 0 radical (unpaired) electrons. The number of aromatic nitrogens is 1. The van der Waals surface area contributed by atoms with Gasteiger partial charge in [-0.25, -0.2) is 18.5 Å². The lowest BCUT2D eigenvalue weighted by Gasteiger charge is -2.12. The number of anilines is 1. The van der Waals surface area contributed by atoms with E-state index in [0.29, 0.717) is 21.7 Å². The number of nitrogens with two attached hydrogens (primary N) is 1. The highest BCUT2D eigenvalue weighted by Gasteiger charge is 2.34. The summed E-state index contributed by atoms with van der Waals surface area (Å²) in [6.07, 6.45) is 0.173. The number of amides is 1. The average molecular weight is 310 g/mol. The van der Waals surface area contributed by atoms with E-state index in [1.54, 1.807) is 6.92 Å². The zero-order valence-electron chi connectivity index (χ0n) is 9.59. The van der Waals surface area contributed by atoms with Crippen LogP contribution in [0.25, 0.3) is 0 Å². The lowest BCUT2D eigenvalue weighted by Crippen LogP contribution is -2.27. The van der Waals surface area contributed by atoms with Crippen LogP contribution in [0.5, 0.6) is 0 Å². The molecule has 9 heteroatoms. The molecule has 0 bridgehead atoms. The van der Waals surface area contributed by atoms with Crippen molar-refractivity contribution >= 4 is 44.0 Å². The molecule has 2 heterocycles. The fraction of sp³-hybridized carbons (Fsp3) is 0.556. The molecule has 2 N–H and O–H groups in total. The number of primary sulfonamides is 1. The molecule has 0 saturated carbocycles. The van der Waals surface area contributed by atoms with Crippen molar-refractivity contribution in [1.29, 1.82) is 0 Å². The molecule has 0 aliphatic carbocycles. The van der Waals surface area contributed by atoms with Gasteiger partial charge in [-0.2, -0.15) is 0 Å². The molecular formula is C9H12ClN3O3S2. The predicted octanol–water partition coefficient (Wildman–Crippen LogP) is 0.746. The monoisotopic (exact) mass is 309 g/mol. The number of carbonyl (C=O) groups excluding carboxylic acids is 1. The Hall–Kier alpha value is -0.700. The van der Waals surface area contributed by atoms with Gasteiger partial charge in [0.15, 0.2) is 5.13 Å². The Morgan fingerprint density at radius 3 is 2.78 bits per heavy atom. The van der Waals surface area contributed by atoms with Crippen molar-refractivity contribution < 1.29 is 13.2 Å². The molecule has 1 aliphatic rings. The Morgan fingerprint density at radius 1 is 1.61 bits per heavy atom. The predicted molar refractivity (Wildman–Crippen MR) is 70.3 cm³/mol. The highest BCUT2D eigenvalue weighted by Crippen LogP contribution is 2.33. The zero-order valence-corrected chi connectivity index (χ0v) is 12.0. The molecule has 1 saturated heterocycles. The van der Waals surface area contributed by atoms with E-state index in [2.05, 4.69) is 4.98 Å². The van der Waals surface area contributed by atoms with Crippen LogP contribution in [0.4, 0.5) is 5.13 Å². The summed E-state index contributed by atoms with van der Waals surface area (Å²) in [5, 5.41) is 5.49. The Kier molecular flexibility index (Phi) is 3.63. The first kappa shape index (κ1) is 13.7. The minimum atomic E-state index is -3.56. The third kappa shape index (κ3) is 3.00. The Bertz CT molecular complexity index is 564. The van der Waals surface area contributed by atoms with Crippen LogP contribution in [0.3, 0.4) is 0 Å². The van der Waals surface area contributed by atoms with Crippen molar-refractivity contribution in [1.82, 2.24) is 4.98 Å². The van der Waals surface area contributed by atoms with Crippen LogP contribution in [0.15, 0.2) is 0 Å². The first-order valence-electron chi connectivity index (χ1n) is 5.20. The molecule has 1 fully saturated rings. The van der Waals surface area contributed by atoms with Gasteiger partial charge >= 0.3 is 0 Å². The van der Waals surface area contributed by atoms with Gasteiger partial charge in [0.1, 0.15) is 4.34 Å². The number of rotatable bonds is 3. The van der Waals surface area contributed by atoms with Crippen LogP contribution in [0, 0.1) is 12.8 Å². The van der Waals surface area contributed by atoms with Crippen molar-refractivity contribution in [3.05, 3.63) is 10.0 Å². The highest BCUT2D eigenvalue weighted by molar-refractivity contribution is 7.89. The summed E-state index contributed by atoms with van der Waals surface area (Å²) < 4.78 is 22.6. The fourth-order valence-corrected chi connectivity index (χ4v) is 3.84. The molecule has 100 valence electrons. The molecule has 1 aromatic rings. The number of sulfonamides is 1. The molecule has 6 nitrogen and oxygen atoms in total. The van der Waals surface area contributed by atoms with E-state index in [9.17, 15) is 13.2 Å². The van der Waals surface area contributed by atoms with Crippen LogP contribution in [0.1, 0.15) is 12.1 Å². The molecule has 1 unspecified atom stereocenters. The van der Waals surface area contributed by atoms with Crippen LogP contribution in [0.2, 0.25) is 4.34 Å². The Labute approximate surface area is 114 Å². The van der Waals surface area contributed by atoms with Gasteiger partial charge in [-0.15, -0.1) is 0 Å². The van der Waals surface area contributed by atoms with Crippen LogP contribution >= 0.6 is 22.9 Å². The molecule has 0 aromatic carbocycles. The summed E-state index contributed by atoms with van der Waals surface area (Å²) in [6.45, 7) is 2.07. The first-order chi connectivity index (χ1) is 8.26. The third-order valence-electron chi connectivity index (χ3n) is 2.63. The topological polar surface area (TPSA) is 93.4 Å². The maximum absolute atomic E-state index is 11.8. The van der Waals surface area contributed by atoms with E-state index >= 15 is 0 Å². The lowest BCUT2D eigenvalue weighted by atomic mass is 10.1. The van der Waals surface area contributed by atoms with Gasteiger partial charge < -0.3 is 0 Å². The number of hydrogen-bond acceptors (Lipinski definition) is 5. The third-order valence-corrected chi connectivity index (χ3v) is 5.04. The largest absolute Gasteiger partial charge is 0.288 e. The van der Waals surface area contributed by atoms with Crippen molar-refractivity contribution in [3.63, 3.8) is 0 Å². The lowest BCUT2D eigenvalue weighted by molar-refractivity contribution is -0.117. The number of aryl methyl sites for hydroxylation is 1. The summed E-state index contributed by atoms with van der Waals surface area (Å²) in [5.74, 6) is -0.614. The minimum absolute atomic E-state index is 0.144. The van der Waals surface area contributed by atoms with Gasteiger partial charge in [-0.05, 0) is 6.92 Å². The van der Waals surface area contributed by atoms with E-state index < -0.39 is 10.0 Å². The standard InChI is InChI=1S/C9H12ClN3O3S2/c1-5-8(10)17-9(12-5)13-3-6(2-7(13)14)4-18(11,15)16/h6H,2-4H2,1H3,(H2,11,15,16). The molecule has 18 heavy (non-hydrogen) atoms. The number of hydrogen-bond donors (Lipinski definition) is 1. The summed E-state index contributed by atoms with van der Waals surface area (Å²) >= 11 is 7.11. The van der Waals surface area contributed by atoms with Crippen LogP contribution in [-0.4, -0.2) is 31.6 Å². The molecule has 2 rings (SSSR count). The second-order valence-electron chi connectivity index (χ2n) is 4.26. The molecule has 1 amide bonds. The van der Waals surface area contributed by atoms with Crippen molar-refractivity contribution in [3.8, 4) is 0 Å². The normalized spacial score (nSPS) is 20.7. The van der Waals surface area contributed by atoms with E-state index in [1.165, 1.54) is 16.2 Å². The molecule has 1 atom stereocenters. The minimum Gasteiger partial charge on any atom is -0.288 e. The number of nitrogens with zero attached hydrogens (tertiary/aromatic N) is 2. The first-order valence-corrected chi connectivity index (χ1v) is 8.11. The molecule has 1 aromatic heterocycles. The summed E-state index contributed by atoms with van der Waals surface area (Å²) in [4.78, 5) is 17.5. The average Bonchev–Trinajstić information content (AvgIpc) is 2.69. The number of thiazole rings is 1. The van der Waals surface area contributed by atoms with Gasteiger partial charge in [0.25, 0.3) is 0 Å². The number of carbonyl (C=O) groups is 1. The second kappa shape index (κ2) is 4.76. The van der Waals surface area contributed by atoms with E-state index in [4.69, 9.17) is 16.7 Å². The maximum Gasteiger partial charge on any atom is 0.229 e. The summed E-state index contributed by atoms with van der Waals surface area (Å²) in [6, 6.07) is 0. The smallest absolute Gasteiger partial charge is 0.229 e. The second-order valence-corrected chi connectivity index (χ2v) is 7.50. The quantitative estimate of drug-likeness (QED) is 0.891. The molecule has 1 aliphatic heterocycles. The SMILES string of the molecule is Cc1nc(N2CC(CS(N)(=O)=O)CC2=O)sc1Cl. The van der Waals surface area contributed by atoms with E-state index in [0.717, 1.165) is 0 Å². The van der Waals surface area contributed by atoms with Gasteiger partial charge in [0, 0.05) is 18.9 Å². The molecule has 0 spiro atoms. The summed E-state index contributed by atoms with van der Waals surface area (Å²) in [7, 11) is -3.56. The van der Waals surface area contributed by atoms with Crippen molar-refractivity contribution in [2.24, 2.45) is 11.1 Å². The van der Waals surface area contributed by atoms with Crippen molar-refractivity contribution in [2.45, 2.75) is 13.3 Å². The highest BCUT2D eigenvalue weighted by atomic mass is 35.5. The van der Waals surface area contributed by atoms with E-state index in [1.807, 2.05) is 0 Å². The van der Waals surface area contributed by atoms with Gasteiger partial charge in [0.2, 0.25) is 15.9 Å². The molecular weight excluding hydrogens is 298 g/mol. The number of halogens is 1. The Morgan fingerprint density at radius 2 is 2.28 bits per heavy atom. The summed E-state index contributed by atoms with van der Waals surface area (Å²) in [5.41, 5.74) is 0.666. The van der Waals surface area contributed by atoms with Crippen LogP contribution in [-0.2, 0) is 14.8 Å². The van der Waals surface area contributed by atoms with Gasteiger partial charge in [-0.3, -0.25) is 9.69 Å². The van der Waals surface area contributed by atoms with E-state index in [-0.39, 0.29) is 24.0 Å². The van der Waals surface area contributed by atoms with Gasteiger partial charge in [0.05, 0.1) is 11.4 Å². The zero-order chi connectivity index (χ0) is 13.5. The Balaban J connectivity index is 2.15. The van der Waals surface area contributed by atoms with Crippen molar-refractivity contribution in [2.75, 3.05) is 17.2 Å².